The molecule has 0 unspecified atom stereocenters. The van der Waals surface area contributed by atoms with Crippen LogP contribution in [0, 0.1) is 5.41 Å². The fraction of sp³-hybridized carbons (Fsp3) is 0.857. The van der Waals surface area contributed by atoms with Gasteiger partial charge in [0.2, 0.25) is 0 Å². The average Bonchev–Trinajstić information content (AvgIpc) is 2.16. The van der Waals surface area contributed by atoms with Crippen LogP contribution in [0.3, 0.4) is 0 Å². The van der Waals surface area contributed by atoms with E-state index >= 15 is 0 Å². The SMILES string of the molecule is CCCCCCCC(C)(C)C(=O)CC(C)=O. The van der Waals surface area contributed by atoms with Crippen LogP contribution in [0.4, 0.5) is 0 Å². The molecule has 0 bridgehead atoms. The van der Waals surface area contributed by atoms with E-state index in [-0.39, 0.29) is 23.4 Å². The van der Waals surface area contributed by atoms with Crippen molar-refractivity contribution in [3.63, 3.8) is 0 Å². The smallest absolute Gasteiger partial charge is 0.145 e. The molecule has 0 fully saturated rings. The number of ketones is 2. The van der Waals surface area contributed by atoms with Gasteiger partial charge in [0, 0.05) is 5.41 Å². The fourth-order valence-electron chi connectivity index (χ4n) is 1.78. The van der Waals surface area contributed by atoms with E-state index in [1.165, 1.54) is 32.6 Å². The van der Waals surface area contributed by atoms with Crippen LogP contribution in [0.2, 0.25) is 0 Å². The fourth-order valence-corrected chi connectivity index (χ4v) is 1.78. The van der Waals surface area contributed by atoms with E-state index in [1.807, 2.05) is 13.8 Å². The van der Waals surface area contributed by atoms with Gasteiger partial charge in [-0.15, -0.1) is 0 Å². The summed E-state index contributed by atoms with van der Waals surface area (Å²) in [6.07, 6.45) is 7.08. The first-order valence-electron chi connectivity index (χ1n) is 6.43. The molecule has 0 atom stereocenters. The van der Waals surface area contributed by atoms with Crippen molar-refractivity contribution in [2.75, 3.05) is 0 Å². The number of Topliss-reactive ketones (excluding diaryl/α,β-unsaturated/α-hetero) is 2. The molecule has 0 aliphatic carbocycles. The molecule has 0 aliphatic rings. The largest absolute Gasteiger partial charge is 0.300 e. The zero-order chi connectivity index (χ0) is 12.6. The molecule has 2 nitrogen and oxygen atoms in total. The standard InChI is InChI=1S/C14H26O2/c1-5-6-7-8-9-10-14(3,4)13(16)11-12(2)15/h5-11H2,1-4H3. The Labute approximate surface area is 99.8 Å². The van der Waals surface area contributed by atoms with Gasteiger partial charge in [0.25, 0.3) is 0 Å². The molecule has 0 aromatic carbocycles. The summed E-state index contributed by atoms with van der Waals surface area (Å²) in [6, 6.07) is 0. The molecule has 0 radical (unpaired) electrons. The minimum atomic E-state index is -0.322. The van der Waals surface area contributed by atoms with E-state index in [0.29, 0.717) is 0 Å². The Morgan fingerprint density at radius 1 is 1.00 bits per heavy atom. The Morgan fingerprint density at radius 2 is 1.56 bits per heavy atom. The molecule has 0 aromatic rings. The van der Waals surface area contributed by atoms with E-state index in [4.69, 9.17) is 0 Å². The topological polar surface area (TPSA) is 34.1 Å². The summed E-state index contributed by atoms with van der Waals surface area (Å²) in [7, 11) is 0. The van der Waals surface area contributed by atoms with Crippen LogP contribution < -0.4 is 0 Å². The highest BCUT2D eigenvalue weighted by Gasteiger charge is 2.27. The van der Waals surface area contributed by atoms with Gasteiger partial charge in [-0.1, -0.05) is 52.9 Å². The van der Waals surface area contributed by atoms with Crippen LogP contribution in [-0.2, 0) is 9.59 Å². The van der Waals surface area contributed by atoms with E-state index in [2.05, 4.69) is 6.92 Å². The minimum absolute atomic E-state index is 0.0240. The molecule has 0 rings (SSSR count). The number of unbranched alkanes of at least 4 members (excludes halogenated alkanes) is 4. The third kappa shape index (κ3) is 6.76. The Balaban J connectivity index is 3.85. The van der Waals surface area contributed by atoms with Crippen molar-refractivity contribution in [1.82, 2.24) is 0 Å². The van der Waals surface area contributed by atoms with Gasteiger partial charge in [0.1, 0.15) is 11.6 Å². The van der Waals surface area contributed by atoms with Crippen molar-refractivity contribution in [3.05, 3.63) is 0 Å². The van der Waals surface area contributed by atoms with Crippen LogP contribution in [0.15, 0.2) is 0 Å². The Kier molecular flexibility index (Phi) is 7.27. The minimum Gasteiger partial charge on any atom is -0.300 e. The van der Waals surface area contributed by atoms with Crippen LogP contribution >= 0.6 is 0 Å². The lowest BCUT2D eigenvalue weighted by Gasteiger charge is -2.22. The lowest BCUT2D eigenvalue weighted by Crippen LogP contribution is -2.25. The van der Waals surface area contributed by atoms with Gasteiger partial charge in [-0.05, 0) is 13.3 Å². The average molecular weight is 226 g/mol. The summed E-state index contributed by atoms with van der Waals surface area (Å²) in [6.45, 7) is 7.59. The highest BCUT2D eigenvalue weighted by Crippen LogP contribution is 2.26. The van der Waals surface area contributed by atoms with E-state index in [9.17, 15) is 9.59 Å². The van der Waals surface area contributed by atoms with Crippen LogP contribution in [0.5, 0.6) is 0 Å². The second-order valence-corrected chi connectivity index (χ2v) is 5.35. The molecule has 16 heavy (non-hydrogen) atoms. The number of rotatable bonds is 9. The predicted molar refractivity (Wildman–Crippen MR) is 67.5 cm³/mol. The normalized spacial score (nSPS) is 11.5. The molecular formula is C14H26O2. The monoisotopic (exact) mass is 226 g/mol. The van der Waals surface area contributed by atoms with Gasteiger partial charge in [0.05, 0.1) is 6.42 Å². The van der Waals surface area contributed by atoms with E-state index < -0.39 is 0 Å². The quantitative estimate of drug-likeness (QED) is 0.441. The first-order valence-corrected chi connectivity index (χ1v) is 6.43. The maximum absolute atomic E-state index is 11.8. The van der Waals surface area contributed by atoms with Crippen molar-refractivity contribution in [3.8, 4) is 0 Å². The van der Waals surface area contributed by atoms with Gasteiger partial charge < -0.3 is 0 Å². The van der Waals surface area contributed by atoms with Crippen molar-refractivity contribution in [2.24, 2.45) is 5.41 Å². The van der Waals surface area contributed by atoms with Crippen LogP contribution in [0.25, 0.3) is 0 Å². The van der Waals surface area contributed by atoms with E-state index in [0.717, 1.165) is 12.8 Å². The number of carbonyl (C=O) groups excluding carboxylic acids is 2. The van der Waals surface area contributed by atoms with Crippen molar-refractivity contribution >= 4 is 11.6 Å². The summed E-state index contributed by atoms with van der Waals surface area (Å²) >= 11 is 0. The molecular weight excluding hydrogens is 200 g/mol. The summed E-state index contributed by atoms with van der Waals surface area (Å²) in [4.78, 5) is 22.7. The first kappa shape index (κ1) is 15.3. The van der Waals surface area contributed by atoms with E-state index in [1.54, 1.807) is 0 Å². The maximum Gasteiger partial charge on any atom is 0.145 e. The second-order valence-electron chi connectivity index (χ2n) is 5.35. The molecule has 0 spiro atoms. The third-order valence-corrected chi connectivity index (χ3v) is 3.07. The summed E-state index contributed by atoms with van der Waals surface area (Å²) in [5, 5.41) is 0. The lowest BCUT2D eigenvalue weighted by atomic mass is 9.81. The van der Waals surface area contributed by atoms with Crippen molar-refractivity contribution in [2.45, 2.75) is 72.6 Å². The maximum atomic E-state index is 11.8. The van der Waals surface area contributed by atoms with Gasteiger partial charge in [-0.3, -0.25) is 9.59 Å². The molecule has 2 heteroatoms. The zero-order valence-corrected chi connectivity index (χ0v) is 11.3. The number of carbonyl (C=O) groups is 2. The zero-order valence-electron chi connectivity index (χ0n) is 11.3. The van der Waals surface area contributed by atoms with Gasteiger partial charge in [-0.2, -0.15) is 0 Å². The molecule has 0 saturated heterocycles. The van der Waals surface area contributed by atoms with Crippen LogP contribution in [-0.4, -0.2) is 11.6 Å². The summed E-state index contributed by atoms with van der Waals surface area (Å²) in [5.41, 5.74) is -0.322. The third-order valence-electron chi connectivity index (χ3n) is 3.07. The number of hydrogen-bond acceptors (Lipinski definition) is 2. The second kappa shape index (κ2) is 7.59. The molecule has 0 saturated carbocycles. The predicted octanol–water partition coefficient (Wildman–Crippen LogP) is 3.92. The Morgan fingerprint density at radius 3 is 2.06 bits per heavy atom. The highest BCUT2D eigenvalue weighted by molar-refractivity contribution is 6.00. The molecule has 0 amide bonds. The Bertz CT molecular complexity index is 229. The first-order chi connectivity index (χ1) is 7.40. The molecule has 0 aromatic heterocycles. The van der Waals surface area contributed by atoms with Crippen molar-refractivity contribution < 1.29 is 9.59 Å². The summed E-state index contributed by atoms with van der Waals surface area (Å²) < 4.78 is 0. The summed E-state index contributed by atoms with van der Waals surface area (Å²) in [5.74, 6) is 0.0690. The van der Waals surface area contributed by atoms with Gasteiger partial charge in [0.15, 0.2) is 0 Å². The molecule has 0 heterocycles. The van der Waals surface area contributed by atoms with Gasteiger partial charge in [-0.25, -0.2) is 0 Å². The highest BCUT2D eigenvalue weighted by atomic mass is 16.1. The lowest BCUT2D eigenvalue weighted by molar-refractivity contribution is -0.131. The number of hydrogen-bond donors (Lipinski definition) is 0. The Hall–Kier alpha value is -0.660. The van der Waals surface area contributed by atoms with Crippen molar-refractivity contribution in [1.29, 1.82) is 0 Å². The molecule has 94 valence electrons. The van der Waals surface area contributed by atoms with Crippen LogP contribution in [0.1, 0.15) is 72.6 Å². The molecule has 0 aliphatic heterocycles. The molecule has 0 N–H and O–H groups in total. The van der Waals surface area contributed by atoms with Gasteiger partial charge >= 0.3 is 0 Å².